The average Bonchev–Trinajstić information content (AvgIpc) is 1.57. The Bertz CT molecular complexity index is 5170. The van der Waals surface area contributed by atoms with E-state index in [0.29, 0.717) is 0 Å². The van der Waals surface area contributed by atoms with Crippen LogP contribution in [0.5, 0.6) is 0 Å². The van der Waals surface area contributed by atoms with E-state index in [9.17, 15) is 0 Å². The average molecular weight is 1490 g/mol. The summed E-state index contributed by atoms with van der Waals surface area (Å²) in [6.45, 7) is 23.7. The van der Waals surface area contributed by atoms with Gasteiger partial charge in [0.05, 0.1) is 62.4 Å². The number of aryl methyl sites for hydroxylation is 8. The zero-order valence-corrected chi connectivity index (χ0v) is 65.4. The number of hydrogen-bond acceptors (Lipinski definition) is 20. The van der Waals surface area contributed by atoms with Crippen LogP contribution in [-0.4, -0.2) is 106 Å². The number of para-hydroxylation sites is 5. The molecular formula is C85H91N21OS2. The van der Waals surface area contributed by atoms with E-state index in [0.717, 1.165) is 138 Å². The molecule has 0 saturated carbocycles. The number of oxazole rings is 1. The minimum atomic E-state index is 0.723. The summed E-state index contributed by atoms with van der Waals surface area (Å²) < 4.78 is 12.8. The Morgan fingerprint density at radius 2 is 1.15 bits per heavy atom. The molecule has 0 fully saturated rings. The van der Waals surface area contributed by atoms with Gasteiger partial charge in [-0.3, -0.25) is 39.9 Å². The Kier molecular flexibility index (Phi) is 29.7. The number of pyridine rings is 5. The van der Waals surface area contributed by atoms with Gasteiger partial charge in [0.15, 0.2) is 17.1 Å². The summed E-state index contributed by atoms with van der Waals surface area (Å²) in [5, 5.41) is 9.25. The number of fused-ring (bicyclic) bond motifs is 8. The Morgan fingerprint density at radius 1 is 0.459 bits per heavy atom. The van der Waals surface area contributed by atoms with Crippen molar-refractivity contribution in [3.8, 4) is 0 Å². The molecule has 13 aromatic heterocycles. The number of aromatic nitrogens is 17. The highest BCUT2D eigenvalue weighted by molar-refractivity contribution is 7.09. The molecule has 0 amide bonds. The SMILES string of the molecule is CC1=NC2=C(CCCC2)C1.CC1=Nc2ccccc2C1.CC1=Nc2cccnc2C1.CC1=Nc2cnccc2C1.Cc1ccccn1.Cc1cn2ccccc2n1.Cc1cnc2ccccc2n1.Cc1nc2ccccc2o1.Cc1nc2ccccn2n1.Cc1nc2cscc2[nH]1.Cc1ncc[nH]1.Cc1ncns1. The third-order valence-corrected chi connectivity index (χ3v) is 17.6. The number of imidazole rings is 3. The molecular weight excluding hydrogens is 1400 g/mol. The number of hydrogen-bond donors (Lipinski definition) is 2. The molecule has 0 atom stereocenters. The van der Waals surface area contributed by atoms with Crippen LogP contribution >= 0.6 is 22.9 Å². The fourth-order valence-electron chi connectivity index (χ4n) is 11.4. The smallest absolute Gasteiger partial charge is 0.192 e. The van der Waals surface area contributed by atoms with Crippen LogP contribution < -0.4 is 0 Å². The number of allylic oxidation sites excluding steroid dienone is 2. The molecule has 0 unspecified atom stereocenters. The highest BCUT2D eigenvalue weighted by Crippen LogP contribution is 2.33. The summed E-state index contributed by atoms with van der Waals surface area (Å²) in [5.41, 5.74) is 25.9. The molecule has 17 heterocycles. The number of aliphatic imine (C=N–C) groups is 4. The predicted octanol–water partition coefficient (Wildman–Crippen LogP) is 20.1. The van der Waals surface area contributed by atoms with Crippen molar-refractivity contribution in [3.63, 3.8) is 0 Å². The van der Waals surface area contributed by atoms with Crippen molar-refractivity contribution >= 4 is 107 Å². The van der Waals surface area contributed by atoms with E-state index >= 15 is 0 Å². The van der Waals surface area contributed by atoms with E-state index in [1.807, 2.05) is 244 Å². The third-order valence-electron chi connectivity index (χ3n) is 16.3. The Balaban J connectivity index is 0.000000127. The van der Waals surface area contributed by atoms with Crippen molar-refractivity contribution in [2.24, 2.45) is 20.0 Å². The summed E-state index contributed by atoms with van der Waals surface area (Å²) in [5.74, 6) is 3.50. The summed E-state index contributed by atoms with van der Waals surface area (Å²) in [6, 6.07) is 47.5. The summed E-state index contributed by atoms with van der Waals surface area (Å²) >= 11 is 3.09. The second kappa shape index (κ2) is 40.9. The molecule has 1 aliphatic carbocycles. The fraction of sp³-hybridized carbons (Fsp3) is 0.235. The van der Waals surface area contributed by atoms with Crippen LogP contribution in [0, 0.1) is 55.4 Å². The van der Waals surface area contributed by atoms with Crippen LogP contribution in [0.1, 0.15) is 122 Å². The van der Waals surface area contributed by atoms with Gasteiger partial charge in [-0.15, -0.1) is 11.3 Å². The number of aromatic amines is 2. The number of H-pyrrole nitrogens is 2. The number of nitrogens with zero attached hydrogens (tertiary/aromatic N) is 19. The van der Waals surface area contributed by atoms with Crippen molar-refractivity contribution in [2.75, 3.05) is 0 Å². The van der Waals surface area contributed by atoms with Gasteiger partial charge in [0, 0.05) is 133 Å². The normalized spacial score (nSPS) is 12.7. The molecule has 0 radical (unpaired) electrons. The van der Waals surface area contributed by atoms with Crippen molar-refractivity contribution in [3.05, 3.63) is 298 Å². The first-order valence-corrected chi connectivity index (χ1v) is 37.6. The molecule has 22 nitrogen and oxygen atoms in total. The van der Waals surface area contributed by atoms with Gasteiger partial charge in [-0.25, -0.2) is 39.4 Å². The van der Waals surface area contributed by atoms with Gasteiger partial charge in [0.2, 0.25) is 0 Å². The minimum Gasteiger partial charge on any atom is -0.441 e. The summed E-state index contributed by atoms with van der Waals surface area (Å²) in [4.78, 5) is 68.7. The zero-order valence-electron chi connectivity index (χ0n) is 63.7. The molecule has 0 bridgehead atoms. The molecule has 0 spiro atoms. The molecule has 21 rings (SSSR count). The number of benzene rings is 3. The largest absolute Gasteiger partial charge is 0.441 e. The van der Waals surface area contributed by atoms with Gasteiger partial charge in [-0.1, -0.05) is 60.7 Å². The van der Waals surface area contributed by atoms with Gasteiger partial charge < -0.3 is 18.8 Å². The van der Waals surface area contributed by atoms with E-state index in [1.54, 1.807) is 52.5 Å². The van der Waals surface area contributed by atoms with Crippen molar-refractivity contribution < 1.29 is 4.42 Å². The van der Waals surface area contributed by atoms with E-state index in [1.165, 1.54) is 77.6 Å². The lowest BCUT2D eigenvalue weighted by Gasteiger charge is -2.10. The minimum absolute atomic E-state index is 0.723. The van der Waals surface area contributed by atoms with Crippen LogP contribution in [0.2, 0.25) is 0 Å². The predicted molar refractivity (Wildman–Crippen MR) is 444 cm³/mol. The van der Waals surface area contributed by atoms with E-state index in [2.05, 4.69) is 132 Å². The standard InChI is InChI=1S/C9H8N2.C9H13N.C9H9N.3C8H8N2.C8H7NO.C7H7N3.C6H6N2S.C6H7N.C4H6N2.C3H4N2S/c1-7-6-10-8-4-2-3-5-9(8)11-7;2*1-7-6-8-4-2-3-5-9(8)10-7;1-6-4-7-2-3-9-5-8(7)10-6;1-6-5-8-7(10-6)3-2-4-9-8;1-7-6-10-5-3-2-4-8(10)9-7;1-6-9-7-4-2-3-5-8(7)10-6;1-6-8-7-4-2-3-5-10(7)9-6;1-4-7-5-2-9-3-6(5)8-4;1-6-4-2-3-5-7-6;1-4-5-2-3-6-4;1-3-4-2-5-6-3/h2-6H,1H3;2-6H2,1H3;2-5H,6H2,1H3;2-3,5H,4H2,1H3;2-4H,5H2,1H3;2-6H,1H3;2*2-5H,1H3;2-3H,1H3,(H,7,8);2-5H,1H3;2-3H,1H3,(H,5,6);2H,1H3. The molecule has 3 aromatic carbocycles. The quantitative estimate of drug-likeness (QED) is 0.143. The van der Waals surface area contributed by atoms with Crippen molar-refractivity contribution in [1.82, 2.24) is 83.2 Å². The topological polar surface area (TPSA) is 271 Å². The maximum atomic E-state index is 5.26. The molecule has 24 heteroatoms. The van der Waals surface area contributed by atoms with E-state index < -0.39 is 0 Å². The van der Waals surface area contributed by atoms with Gasteiger partial charge >= 0.3 is 0 Å². The van der Waals surface area contributed by atoms with Gasteiger partial charge in [0.25, 0.3) is 0 Å². The lowest BCUT2D eigenvalue weighted by molar-refractivity contribution is 0.561. The van der Waals surface area contributed by atoms with E-state index in [-0.39, 0.29) is 0 Å². The molecule has 2 N–H and O–H groups in total. The molecule has 109 heavy (non-hydrogen) atoms. The monoisotopic (exact) mass is 1490 g/mol. The van der Waals surface area contributed by atoms with Crippen LogP contribution in [0.25, 0.3) is 44.5 Å². The zero-order chi connectivity index (χ0) is 76.7. The maximum Gasteiger partial charge on any atom is 0.192 e. The first kappa shape index (κ1) is 79.2. The third kappa shape index (κ3) is 25.7. The highest BCUT2D eigenvalue weighted by Gasteiger charge is 2.18. The second-order valence-electron chi connectivity index (χ2n) is 25.8. The Morgan fingerprint density at radius 3 is 1.81 bits per heavy atom. The van der Waals surface area contributed by atoms with Crippen molar-refractivity contribution in [2.45, 2.75) is 134 Å². The number of thiophene rings is 1. The maximum absolute atomic E-state index is 5.26. The van der Waals surface area contributed by atoms with Crippen LogP contribution in [0.4, 0.5) is 17.1 Å². The van der Waals surface area contributed by atoms with Crippen molar-refractivity contribution in [1.29, 1.82) is 0 Å². The Hall–Kier alpha value is -12.4. The summed E-state index contributed by atoms with van der Waals surface area (Å²) in [6.07, 6.45) is 29.4. The molecule has 5 aliphatic rings. The van der Waals surface area contributed by atoms with Gasteiger partial charge in [-0.05, 0) is 215 Å². The lowest BCUT2D eigenvalue weighted by atomic mass is 9.96. The first-order valence-electron chi connectivity index (χ1n) is 35.9. The molecule has 0 saturated heterocycles. The Labute approximate surface area is 643 Å². The van der Waals surface area contributed by atoms with Crippen LogP contribution in [0.15, 0.2) is 260 Å². The first-order chi connectivity index (χ1) is 52.9. The second-order valence-corrected chi connectivity index (χ2v) is 27.5. The molecule has 16 aromatic rings. The molecule has 554 valence electrons. The highest BCUT2D eigenvalue weighted by atomic mass is 32.1. The number of rotatable bonds is 0. The number of nitrogens with one attached hydrogen (secondary N) is 2. The van der Waals surface area contributed by atoms with Gasteiger partial charge in [-0.2, -0.15) is 9.47 Å². The fourth-order valence-corrected chi connectivity index (χ4v) is 12.5. The van der Waals surface area contributed by atoms with Gasteiger partial charge in [0.1, 0.15) is 40.0 Å². The van der Waals surface area contributed by atoms with Crippen LogP contribution in [0.3, 0.4) is 0 Å². The lowest BCUT2D eigenvalue weighted by Crippen LogP contribution is -1.93. The summed E-state index contributed by atoms with van der Waals surface area (Å²) in [7, 11) is 0. The van der Waals surface area contributed by atoms with Crippen LogP contribution in [-0.2, 0) is 19.3 Å². The molecule has 4 aliphatic heterocycles. The van der Waals surface area contributed by atoms with E-state index in [4.69, 9.17) is 4.42 Å².